The van der Waals surface area contributed by atoms with Gasteiger partial charge in [-0.2, -0.15) is 0 Å². The highest BCUT2D eigenvalue weighted by molar-refractivity contribution is 6.00. The molecule has 1 aromatic carbocycles. The molecular weight excluding hydrogens is 178 g/mol. The van der Waals surface area contributed by atoms with Gasteiger partial charge in [-0.3, -0.25) is 0 Å². The molecule has 1 aromatic rings. The normalized spacial score (nSPS) is 11.2. The van der Waals surface area contributed by atoms with Crippen LogP contribution in [-0.4, -0.2) is 19.9 Å². The van der Waals surface area contributed by atoms with Crippen molar-refractivity contribution in [2.75, 3.05) is 14.2 Å². The SMILES string of the molecule is CC/C(=N/OC)c1ccc(OC)cc1. The Kier molecular flexibility index (Phi) is 3.98. The molecule has 76 valence electrons. The summed E-state index contributed by atoms with van der Waals surface area (Å²) in [4.78, 5) is 4.76. The molecule has 0 saturated heterocycles. The molecule has 0 aliphatic heterocycles. The minimum absolute atomic E-state index is 0.847. The molecule has 0 N–H and O–H groups in total. The van der Waals surface area contributed by atoms with E-state index in [0.29, 0.717) is 0 Å². The average Bonchev–Trinajstić information content (AvgIpc) is 2.26. The summed E-state index contributed by atoms with van der Waals surface area (Å²) in [6, 6.07) is 7.77. The summed E-state index contributed by atoms with van der Waals surface area (Å²) in [6.07, 6.45) is 0.847. The Hall–Kier alpha value is -1.51. The van der Waals surface area contributed by atoms with Crippen LogP contribution < -0.4 is 4.74 Å². The van der Waals surface area contributed by atoms with Crippen molar-refractivity contribution in [2.24, 2.45) is 5.16 Å². The van der Waals surface area contributed by atoms with E-state index in [9.17, 15) is 0 Å². The number of hydrogen-bond donors (Lipinski definition) is 0. The highest BCUT2D eigenvalue weighted by atomic mass is 16.6. The third kappa shape index (κ3) is 2.49. The van der Waals surface area contributed by atoms with E-state index in [1.54, 1.807) is 14.2 Å². The monoisotopic (exact) mass is 193 g/mol. The minimum atomic E-state index is 0.847. The number of rotatable bonds is 4. The Morgan fingerprint density at radius 1 is 1.21 bits per heavy atom. The molecule has 0 aliphatic rings. The minimum Gasteiger partial charge on any atom is -0.497 e. The Morgan fingerprint density at radius 3 is 2.29 bits per heavy atom. The number of benzene rings is 1. The average molecular weight is 193 g/mol. The second-order valence-electron chi connectivity index (χ2n) is 2.80. The van der Waals surface area contributed by atoms with E-state index in [2.05, 4.69) is 5.16 Å². The highest BCUT2D eigenvalue weighted by Crippen LogP contribution is 2.13. The standard InChI is InChI=1S/C11H15NO2/c1-4-11(12-14-3)9-5-7-10(13-2)8-6-9/h5-8H,4H2,1-3H3/b12-11-. The topological polar surface area (TPSA) is 30.8 Å². The van der Waals surface area contributed by atoms with E-state index < -0.39 is 0 Å². The molecule has 0 spiro atoms. The van der Waals surface area contributed by atoms with Gasteiger partial charge in [-0.05, 0) is 36.2 Å². The Labute approximate surface area is 84.3 Å². The van der Waals surface area contributed by atoms with E-state index in [-0.39, 0.29) is 0 Å². The molecule has 0 atom stereocenters. The second-order valence-corrected chi connectivity index (χ2v) is 2.80. The second kappa shape index (κ2) is 5.27. The Balaban J connectivity index is 2.89. The van der Waals surface area contributed by atoms with Crippen LogP contribution in [0.3, 0.4) is 0 Å². The predicted molar refractivity (Wildman–Crippen MR) is 56.8 cm³/mol. The van der Waals surface area contributed by atoms with E-state index in [1.807, 2.05) is 31.2 Å². The van der Waals surface area contributed by atoms with E-state index in [0.717, 1.165) is 23.4 Å². The summed E-state index contributed by atoms with van der Waals surface area (Å²) in [5.74, 6) is 0.849. The van der Waals surface area contributed by atoms with E-state index in [4.69, 9.17) is 9.57 Å². The number of hydrogen-bond acceptors (Lipinski definition) is 3. The fourth-order valence-electron chi connectivity index (χ4n) is 1.21. The summed E-state index contributed by atoms with van der Waals surface area (Å²) in [5.41, 5.74) is 2.00. The van der Waals surface area contributed by atoms with Gasteiger partial charge in [0.15, 0.2) is 0 Å². The van der Waals surface area contributed by atoms with Gasteiger partial charge in [0.05, 0.1) is 12.8 Å². The molecule has 3 heteroatoms. The number of oxime groups is 1. The quantitative estimate of drug-likeness (QED) is 0.543. The molecular formula is C11H15NO2. The highest BCUT2D eigenvalue weighted by Gasteiger charge is 2.01. The van der Waals surface area contributed by atoms with Crippen LogP contribution in [0.1, 0.15) is 18.9 Å². The lowest BCUT2D eigenvalue weighted by atomic mass is 10.1. The molecule has 0 bridgehead atoms. The first-order valence-electron chi connectivity index (χ1n) is 4.56. The lowest BCUT2D eigenvalue weighted by Crippen LogP contribution is -1.99. The van der Waals surface area contributed by atoms with Gasteiger partial charge in [0, 0.05) is 0 Å². The molecule has 0 aliphatic carbocycles. The van der Waals surface area contributed by atoms with Gasteiger partial charge in [-0.25, -0.2) is 0 Å². The lowest BCUT2D eigenvalue weighted by molar-refractivity contribution is 0.213. The molecule has 0 heterocycles. The molecule has 3 nitrogen and oxygen atoms in total. The van der Waals surface area contributed by atoms with Crippen molar-refractivity contribution in [1.82, 2.24) is 0 Å². The van der Waals surface area contributed by atoms with Gasteiger partial charge in [-0.15, -0.1) is 0 Å². The van der Waals surface area contributed by atoms with Crippen LogP contribution in [0.5, 0.6) is 5.75 Å². The van der Waals surface area contributed by atoms with Crippen molar-refractivity contribution in [3.63, 3.8) is 0 Å². The summed E-state index contributed by atoms with van der Waals surface area (Å²) >= 11 is 0. The zero-order chi connectivity index (χ0) is 10.4. The first-order valence-corrected chi connectivity index (χ1v) is 4.56. The maximum Gasteiger partial charge on any atom is 0.118 e. The van der Waals surface area contributed by atoms with Crippen LogP contribution in [0.4, 0.5) is 0 Å². The Bertz CT molecular complexity index is 304. The summed E-state index contributed by atoms with van der Waals surface area (Å²) in [5, 5.41) is 3.94. The van der Waals surface area contributed by atoms with Crippen molar-refractivity contribution in [3.8, 4) is 5.75 Å². The number of methoxy groups -OCH3 is 1. The van der Waals surface area contributed by atoms with Crippen molar-refractivity contribution < 1.29 is 9.57 Å². The van der Waals surface area contributed by atoms with E-state index >= 15 is 0 Å². The zero-order valence-electron chi connectivity index (χ0n) is 8.78. The maximum atomic E-state index is 5.07. The van der Waals surface area contributed by atoms with Gasteiger partial charge in [0.2, 0.25) is 0 Å². The first-order chi connectivity index (χ1) is 6.81. The maximum absolute atomic E-state index is 5.07. The van der Waals surface area contributed by atoms with E-state index in [1.165, 1.54) is 0 Å². The third-order valence-corrected chi connectivity index (χ3v) is 1.96. The van der Waals surface area contributed by atoms with Crippen LogP contribution in [0.2, 0.25) is 0 Å². The summed E-state index contributed by atoms with van der Waals surface area (Å²) < 4.78 is 5.07. The molecule has 0 saturated carbocycles. The molecule has 14 heavy (non-hydrogen) atoms. The third-order valence-electron chi connectivity index (χ3n) is 1.96. The van der Waals surface area contributed by atoms with Crippen LogP contribution in [0.25, 0.3) is 0 Å². The van der Waals surface area contributed by atoms with Crippen molar-refractivity contribution in [2.45, 2.75) is 13.3 Å². The van der Waals surface area contributed by atoms with Gasteiger partial charge in [0.1, 0.15) is 12.9 Å². The van der Waals surface area contributed by atoms with Crippen molar-refractivity contribution in [1.29, 1.82) is 0 Å². The summed E-state index contributed by atoms with van der Waals surface area (Å²) in [6.45, 7) is 2.04. The number of ether oxygens (including phenoxy) is 1. The molecule has 0 aromatic heterocycles. The van der Waals surface area contributed by atoms with Gasteiger partial charge < -0.3 is 9.57 Å². The van der Waals surface area contributed by atoms with Crippen molar-refractivity contribution in [3.05, 3.63) is 29.8 Å². The van der Waals surface area contributed by atoms with Crippen LogP contribution in [0.15, 0.2) is 29.4 Å². The zero-order valence-corrected chi connectivity index (χ0v) is 8.78. The van der Waals surface area contributed by atoms with Gasteiger partial charge in [-0.1, -0.05) is 12.1 Å². The molecule has 0 fully saturated rings. The van der Waals surface area contributed by atoms with Crippen LogP contribution in [-0.2, 0) is 4.84 Å². The lowest BCUT2D eigenvalue weighted by Gasteiger charge is -2.04. The molecule has 0 radical (unpaired) electrons. The largest absolute Gasteiger partial charge is 0.497 e. The van der Waals surface area contributed by atoms with Crippen LogP contribution >= 0.6 is 0 Å². The van der Waals surface area contributed by atoms with Crippen LogP contribution in [0, 0.1) is 0 Å². The molecule has 0 unspecified atom stereocenters. The smallest absolute Gasteiger partial charge is 0.118 e. The summed E-state index contributed by atoms with van der Waals surface area (Å²) in [7, 11) is 3.21. The fourth-order valence-corrected chi connectivity index (χ4v) is 1.21. The number of nitrogens with zero attached hydrogens (tertiary/aromatic N) is 1. The predicted octanol–water partition coefficient (Wildman–Crippen LogP) is 2.46. The van der Waals surface area contributed by atoms with Gasteiger partial charge in [0.25, 0.3) is 0 Å². The molecule has 1 rings (SSSR count). The Morgan fingerprint density at radius 2 is 1.86 bits per heavy atom. The van der Waals surface area contributed by atoms with Gasteiger partial charge >= 0.3 is 0 Å². The van der Waals surface area contributed by atoms with Crippen molar-refractivity contribution >= 4 is 5.71 Å². The fraction of sp³-hybridized carbons (Fsp3) is 0.364. The first kappa shape index (κ1) is 10.6. The molecule has 0 amide bonds.